The number of aromatic nitrogens is 1. The number of thiazole rings is 1. The zero-order valence-corrected chi connectivity index (χ0v) is 18.8. The van der Waals surface area contributed by atoms with Gasteiger partial charge in [0.25, 0.3) is 5.91 Å². The number of aryl methyl sites for hydroxylation is 2. The molecule has 0 spiro atoms. The molecule has 1 amide bonds. The van der Waals surface area contributed by atoms with Crippen LogP contribution in [0.3, 0.4) is 0 Å². The molecule has 8 heteroatoms. The minimum Gasteiger partial charge on any atom is -0.357 e. The fraction of sp³-hybridized carbons (Fsp3) is 0.476. The van der Waals surface area contributed by atoms with E-state index < -0.39 is 0 Å². The zero-order valence-electron chi connectivity index (χ0n) is 18.0. The number of likely N-dealkylation sites (N-methyl/N-ethyl adjacent to an activating group) is 1. The van der Waals surface area contributed by atoms with Gasteiger partial charge in [0, 0.05) is 30.1 Å². The van der Waals surface area contributed by atoms with Crippen LogP contribution in [0.15, 0.2) is 29.3 Å². The highest BCUT2D eigenvalue weighted by molar-refractivity contribution is 7.11. The van der Waals surface area contributed by atoms with E-state index in [0.717, 1.165) is 35.3 Å². The van der Waals surface area contributed by atoms with Gasteiger partial charge in [-0.3, -0.25) is 4.79 Å². The van der Waals surface area contributed by atoms with E-state index in [1.165, 1.54) is 4.88 Å². The van der Waals surface area contributed by atoms with E-state index in [9.17, 15) is 4.79 Å². The van der Waals surface area contributed by atoms with Gasteiger partial charge in [0.1, 0.15) is 0 Å². The molecule has 29 heavy (non-hydrogen) atoms. The molecule has 0 unspecified atom stereocenters. The first-order valence-corrected chi connectivity index (χ1v) is 10.7. The first kappa shape index (κ1) is 22.8. The summed E-state index contributed by atoms with van der Waals surface area (Å²) in [5, 5.41) is 10.6. The number of nitrogens with one attached hydrogen (secondary N) is 3. The van der Waals surface area contributed by atoms with Crippen LogP contribution in [0.5, 0.6) is 0 Å². The maximum atomic E-state index is 12.3. The lowest BCUT2D eigenvalue weighted by molar-refractivity contribution is 0.0951. The summed E-state index contributed by atoms with van der Waals surface area (Å²) in [5.74, 6) is 0.692. The third kappa shape index (κ3) is 7.83. The number of nitrogens with zero attached hydrogens (tertiary/aromatic N) is 3. The van der Waals surface area contributed by atoms with Crippen molar-refractivity contribution in [1.82, 2.24) is 25.8 Å². The second-order valence-electron chi connectivity index (χ2n) is 7.05. The molecule has 0 atom stereocenters. The summed E-state index contributed by atoms with van der Waals surface area (Å²) < 4.78 is 0. The van der Waals surface area contributed by atoms with Crippen LogP contribution in [0.25, 0.3) is 0 Å². The summed E-state index contributed by atoms with van der Waals surface area (Å²) in [6, 6.07) is 7.61. The van der Waals surface area contributed by atoms with Gasteiger partial charge in [-0.2, -0.15) is 0 Å². The smallest absolute Gasteiger partial charge is 0.251 e. The molecule has 0 saturated heterocycles. The normalized spacial score (nSPS) is 11.6. The molecule has 158 valence electrons. The standard InChI is InChI=1S/C21H32N6OS/c1-6-22-21(25-14-19-15(2)26-16(3)29-19)24-13-17-8-7-9-18(12-17)20(28)23-10-11-27(4)5/h7-9,12H,6,10-11,13-14H2,1-5H3,(H,23,28)(H2,22,24,25). The number of hydrogen-bond acceptors (Lipinski definition) is 5. The Morgan fingerprint density at radius 3 is 2.66 bits per heavy atom. The summed E-state index contributed by atoms with van der Waals surface area (Å²) >= 11 is 1.70. The van der Waals surface area contributed by atoms with E-state index >= 15 is 0 Å². The van der Waals surface area contributed by atoms with Crippen molar-refractivity contribution >= 4 is 23.2 Å². The minimum atomic E-state index is -0.0567. The highest BCUT2D eigenvalue weighted by atomic mass is 32.1. The molecular weight excluding hydrogens is 384 g/mol. The van der Waals surface area contributed by atoms with Crippen molar-refractivity contribution in [2.75, 3.05) is 33.7 Å². The lowest BCUT2D eigenvalue weighted by atomic mass is 10.1. The number of benzene rings is 1. The van der Waals surface area contributed by atoms with Crippen LogP contribution in [0, 0.1) is 13.8 Å². The topological polar surface area (TPSA) is 81.7 Å². The Morgan fingerprint density at radius 2 is 2.00 bits per heavy atom. The maximum Gasteiger partial charge on any atom is 0.251 e. The maximum absolute atomic E-state index is 12.3. The van der Waals surface area contributed by atoms with Crippen molar-refractivity contribution in [3.05, 3.63) is 51.0 Å². The number of rotatable bonds is 9. The molecule has 2 rings (SSSR count). The second-order valence-corrected chi connectivity index (χ2v) is 8.34. The second kappa shape index (κ2) is 11.5. The molecule has 1 heterocycles. The Labute approximate surface area is 177 Å². The van der Waals surface area contributed by atoms with Gasteiger partial charge in [-0.15, -0.1) is 11.3 Å². The summed E-state index contributed by atoms with van der Waals surface area (Å²) in [4.78, 5) is 24.7. The van der Waals surface area contributed by atoms with Crippen molar-refractivity contribution in [3.63, 3.8) is 0 Å². The fourth-order valence-corrected chi connectivity index (χ4v) is 3.60. The Kier molecular flexibility index (Phi) is 9.08. The van der Waals surface area contributed by atoms with Crippen molar-refractivity contribution < 1.29 is 4.79 Å². The van der Waals surface area contributed by atoms with Gasteiger partial charge < -0.3 is 20.9 Å². The number of carbonyl (C=O) groups is 1. The van der Waals surface area contributed by atoms with E-state index in [0.29, 0.717) is 25.2 Å². The van der Waals surface area contributed by atoms with E-state index in [1.54, 1.807) is 11.3 Å². The molecule has 0 aliphatic rings. The summed E-state index contributed by atoms with van der Waals surface area (Å²) in [6.07, 6.45) is 0. The number of guanidine groups is 1. The molecule has 0 aliphatic carbocycles. The van der Waals surface area contributed by atoms with Crippen LogP contribution in [-0.2, 0) is 13.1 Å². The molecule has 2 aromatic rings. The van der Waals surface area contributed by atoms with Crippen molar-refractivity contribution in [3.8, 4) is 0 Å². The average molecular weight is 417 g/mol. The first-order valence-electron chi connectivity index (χ1n) is 9.86. The molecule has 0 saturated carbocycles. The van der Waals surface area contributed by atoms with Crippen molar-refractivity contribution in [2.24, 2.45) is 4.99 Å². The molecule has 1 aromatic carbocycles. The van der Waals surface area contributed by atoms with Crippen molar-refractivity contribution in [1.29, 1.82) is 0 Å². The van der Waals surface area contributed by atoms with E-state index in [1.807, 2.05) is 64.0 Å². The Hall–Kier alpha value is -2.45. The zero-order chi connectivity index (χ0) is 21.2. The van der Waals surface area contributed by atoms with Crippen LogP contribution >= 0.6 is 11.3 Å². The van der Waals surface area contributed by atoms with Gasteiger partial charge in [-0.05, 0) is 52.6 Å². The van der Waals surface area contributed by atoms with Crippen LogP contribution in [0.4, 0.5) is 0 Å². The lowest BCUT2D eigenvalue weighted by Crippen LogP contribution is -2.36. The average Bonchev–Trinajstić information content (AvgIpc) is 3.01. The largest absolute Gasteiger partial charge is 0.357 e. The van der Waals surface area contributed by atoms with Gasteiger partial charge in [-0.25, -0.2) is 9.98 Å². The summed E-state index contributed by atoms with van der Waals surface area (Å²) in [6.45, 7) is 9.49. The van der Waals surface area contributed by atoms with Crippen molar-refractivity contribution in [2.45, 2.75) is 33.9 Å². The SMILES string of the molecule is CCNC(=NCc1cccc(C(=O)NCCN(C)C)c1)NCc1sc(C)nc1C. The number of amides is 1. The van der Waals surface area contributed by atoms with Crippen LogP contribution in [0.1, 0.15) is 38.4 Å². The monoisotopic (exact) mass is 416 g/mol. The van der Waals surface area contributed by atoms with Crippen LogP contribution in [-0.4, -0.2) is 55.5 Å². The van der Waals surface area contributed by atoms with E-state index in [-0.39, 0.29) is 5.91 Å². The van der Waals surface area contributed by atoms with Crippen LogP contribution in [0.2, 0.25) is 0 Å². The van der Waals surface area contributed by atoms with Gasteiger partial charge in [0.15, 0.2) is 5.96 Å². The quantitative estimate of drug-likeness (QED) is 0.432. The Balaban J connectivity index is 1.97. The fourth-order valence-electron chi connectivity index (χ4n) is 2.72. The highest BCUT2D eigenvalue weighted by Crippen LogP contribution is 2.16. The Morgan fingerprint density at radius 1 is 1.21 bits per heavy atom. The molecular formula is C21H32N6OS. The van der Waals surface area contributed by atoms with Gasteiger partial charge >= 0.3 is 0 Å². The predicted molar refractivity (Wildman–Crippen MR) is 121 cm³/mol. The first-order chi connectivity index (χ1) is 13.9. The number of hydrogen-bond donors (Lipinski definition) is 3. The van der Waals surface area contributed by atoms with Crippen LogP contribution < -0.4 is 16.0 Å². The molecule has 0 fully saturated rings. The third-order valence-electron chi connectivity index (χ3n) is 4.21. The van der Waals surface area contributed by atoms with E-state index in [4.69, 9.17) is 0 Å². The summed E-state index contributed by atoms with van der Waals surface area (Å²) in [5.41, 5.74) is 2.71. The van der Waals surface area contributed by atoms with Gasteiger partial charge in [-0.1, -0.05) is 12.1 Å². The molecule has 3 N–H and O–H groups in total. The highest BCUT2D eigenvalue weighted by Gasteiger charge is 2.08. The number of aliphatic imine (C=N–C) groups is 1. The molecule has 0 radical (unpaired) electrons. The number of carbonyl (C=O) groups excluding carboxylic acids is 1. The molecule has 0 bridgehead atoms. The Bertz CT molecular complexity index is 830. The molecule has 1 aromatic heterocycles. The van der Waals surface area contributed by atoms with E-state index in [2.05, 4.69) is 25.9 Å². The summed E-state index contributed by atoms with van der Waals surface area (Å²) in [7, 11) is 3.97. The van der Waals surface area contributed by atoms with Gasteiger partial charge in [0.05, 0.1) is 23.8 Å². The lowest BCUT2D eigenvalue weighted by Gasteiger charge is -2.12. The predicted octanol–water partition coefficient (Wildman–Crippen LogP) is 2.31. The van der Waals surface area contributed by atoms with Gasteiger partial charge in [0.2, 0.25) is 0 Å². The third-order valence-corrected chi connectivity index (χ3v) is 5.29. The molecule has 7 nitrogen and oxygen atoms in total. The molecule has 0 aliphatic heterocycles. The minimum absolute atomic E-state index is 0.0567.